The predicted molar refractivity (Wildman–Crippen MR) is 124 cm³/mol. The van der Waals surface area contributed by atoms with Gasteiger partial charge in [-0.1, -0.05) is 30.3 Å². The minimum atomic E-state index is -3.94. The lowest BCUT2D eigenvalue weighted by molar-refractivity contribution is -0.121. The van der Waals surface area contributed by atoms with E-state index in [1.54, 1.807) is 0 Å². The zero-order chi connectivity index (χ0) is 23.0. The van der Waals surface area contributed by atoms with Gasteiger partial charge in [0.25, 0.3) is 5.91 Å². The summed E-state index contributed by atoms with van der Waals surface area (Å²) in [6, 6.07) is 15.4. The number of nitrogens with one attached hydrogen (secondary N) is 2. The number of sulfonamides is 1. The van der Waals surface area contributed by atoms with Crippen LogP contribution >= 0.6 is 0 Å². The highest BCUT2D eigenvalue weighted by molar-refractivity contribution is 7.89. The van der Waals surface area contributed by atoms with Crippen LogP contribution in [-0.4, -0.2) is 43.3 Å². The highest BCUT2D eigenvalue weighted by atomic mass is 32.2. The lowest BCUT2D eigenvalue weighted by Gasteiger charge is -2.21. The molecule has 170 valence electrons. The molecule has 2 aromatic carbocycles. The van der Waals surface area contributed by atoms with Crippen LogP contribution in [0.25, 0.3) is 0 Å². The van der Waals surface area contributed by atoms with Crippen LogP contribution in [0.15, 0.2) is 64.6 Å². The minimum absolute atomic E-state index is 0.0505. The zero-order valence-corrected chi connectivity index (χ0v) is 18.9. The summed E-state index contributed by atoms with van der Waals surface area (Å²) >= 11 is 0. The molecule has 0 unspecified atom stereocenters. The van der Waals surface area contributed by atoms with E-state index in [9.17, 15) is 18.0 Å². The first-order valence-corrected chi connectivity index (χ1v) is 12.0. The van der Waals surface area contributed by atoms with Gasteiger partial charge in [-0.05, 0) is 61.9 Å². The van der Waals surface area contributed by atoms with E-state index in [-0.39, 0.29) is 23.9 Å². The third-order valence-corrected chi connectivity index (χ3v) is 7.00. The normalized spacial score (nSPS) is 13.8. The van der Waals surface area contributed by atoms with Gasteiger partial charge in [0.1, 0.15) is 0 Å². The Hall–Kier alpha value is -3.04. The molecule has 1 fully saturated rings. The first-order valence-electron chi connectivity index (χ1n) is 10.6. The summed E-state index contributed by atoms with van der Waals surface area (Å²) in [5, 5.41) is 6.75. The van der Waals surface area contributed by atoms with Crippen molar-refractivity contribution in [2.45, 2.75) is 43.9 Å². The van der Waals surface area contributed by atoms with Crippen molar-refractivity contribution < 1.29 is 18.0 Å². The molecule has 8 nitrogen and oxygen atoms in total. The first-order chi connectivity index (χ1) is 15.3. The van der Waals surface area contributed by atoms with Crippen molar-refractivity contribution in [2.24, 2.45) is 5.10 Å². The fourth-order valence-electron chi connectivity index (χ4n) is 3.48. The molecule has 0 bridgehead atoms. The largest absolute Gasteiger partial charge is 0.326 e. The molecule has 3 rings (SSSR count). The fourth-order valence-corrected chi connectivity index (χ4v) is 4.87. The Bertz CT molecular complexity index is 1060. The maximum atomic E-state index is 13.3. The molecule has 0 radical (unpaired) electrons. The number of nitrogens with zero attached hydrogens (tertiary/aromatic N) is 2. The second-order valence-electron chi connectivity index (χ2n) is 7.70. The van der Waals surface area contributed by atoms with Crippen molar-refractivity contribution in [1.82, 2.24) is 9.73 Å². The minimum Gasteiger partial charge on any atom is -0.326 e. The Morgan fingerprint density at radius 2 is 1.66 bits per heavy atom. The topological polar surface area (TPSA) is 108 Å². The van der Waals surface area contributed by atoms with Crippen molar-refractivity contribution >= 4 is 33.2 Å². The molecule has 0 saturated heterocycles. The molecular formula is C23H28N4O4S. The van der Waals surface area contributed by atoms with Gasteiger partial charge in [0.05, 0.1) is 11.4 Å². The molecule has 0 atom stereocenters. The van der Waals surface area contributed by atoms with Crippen molar-refractivity contribution in [2.75, 3.05) is 18.4 Å². The summed E-state index contributed by atoms with van der Waals surface area (Å²) in [7, 11) is -3.94. The third kappa shape index (κ3) is 6.73. The van der Waals surface area contributed by atoms with Gasteiger partial charge in [-0.3, -0.25) is 9.59 Å². The van der Waals surface area contributed by atoms with Crippen LogP contribution in [0.3, 0.4) is 0 Å². The smallest absolute Gasteiger partial charge is 0.255 e. The summed E-state index contributed by atoms with van der Waals surface area (Å²) in [4.78, 5) is 23.8. The van der Waals surface area contributed by atoms with Crippen LogP contribution in [0.4, 0.5) is 5.69 Å². The lowest BCUT2D eigenvalue weighted by Crippen LogP contribution is -2.40. The Morgan fingerprint density at radius 3 is 2.28 bits per heavy atom. The molecule has 9 heteroatoms. The van der Waals surface area contributed by atoms with E-state index in [1.165, 1.54) is 31.2 Å². The van der Waals surface area contributed by atoms with E-state index in [0.717, 1.165) is 41.3 Å². The average molecular weight is 457 g/mol. The molecule has 0 spiro atoms. The monoisotopic (exact) mass is 456 g/mol. The van der Waals surface area contributed by atoms with Gasteiger partial charge in [0.15, 0.2) is 0 Å². The summed E-state index contributed by atoms with van der Waals surface area (Å²) in [6.07, 6.45) is 4.29. The quantitative estimate of drug-likeness (QED) is 0.566. The van der Waals surface area contributed by atoms with Gasteiger partial charge in [-0.2, -0.15) is 9.41 Å². The number of amides is 2. The molecular weight excluding hydrogens is 428 g/mol. The van der Waals surface area contributed by atoms with Gasteiger partial charge in [0, 0.05) is 24.9 Å². The molecule has 2 N–H and O–H groups in total. The average Bonchev–Trinajstić information content (AvgIpc) is 3.29. The van der Waals surface area contributed by atoms with E-state index in [0.29, 0.717) is 12.1 Å². The molecule has 32 heavy (non-hydrogen) atoms. The van der Waals surface area contributed by atoms with Gasteiger partial charge in [-0.15, -0.1) is 0 Å². The second-order valence-corrected chi connectivity index (χ2v) is 9.64. The molecule has 0 aliphatic heterocycles. The number of carbonyl (C=O) groups excluding carboxylic acids is 2. The summed E-state index contributed by atoms with van der Waals surface area (Å²) in [5.41, 5.74) is 4.91. The zero-order valence-electron chi connectivity index (χ0n) is 18.1. The SMILES string of the molecule is CC(=O)Nc1ccc(S(=O)(=O)N(CCc2ccccc2)CC(=O)NN=C2CCCC2)cc1. The standard InChI is InChI=1S/C23H28N4O4S/c1-18(28)24-20-11-13-22(14-12-20)32(30,31)27(16-15-19-7-3-2-4-8-19)17-23(29)26-25-21-9-5-6-10-21/h2-4,7-8,11-14H,5-6,9-10,15-17H2,1H3,(H,24,28)(H,26,29). The number of hydrazone groups is 1. The molecule has 1 aliphatic rings. The van der Waals surface area contributed by atoms with Crippen LogP contribution in [0.2, 0.25) is 0 Å². The van der Waals surface area contributed by atoms with Crippen LogP contribution in [0.5, 0.6) is 0 Å². The number of carbonyl (C=O) groups is 2. The Balaban J connectivity index is 1.76. The van der Waals surface area contributed by atoms with Crippen molar-refractivity contribution in [3.8, 4) is 0 Å². The highest BCUT2D eigenvalue weighted by Crippen LogP contribution is 2.19. The van der Waals surface area contributed by atoms with E-state index < -0.39 is 15.9 Å². The van der Waals surface area contributed by atoms with Gasteiger partial charge in [-0.25, -0.2) is 13.8 Å². The summed E-state index contributed by atoms with van der Waals surface area (Å²) < 4.78 is 27.8. The highest BCUT2D eigenvalue weighted by Gasteiger charge is 2.26. The Kier molecular flexibility index (Phi) is 8.13. The number of hydrogen-bond donors (Lipinski definition) is 2. The lowest BCUT2D eigenvalue weighted by atomic mass is 10.1. The van der Waals surface area contributed by atoms with Crippen LogP contribution in [0, 0.1) is 0 Å². The molecule has 0 aromatic heterocycles. The van der Waals surface area contributed by atoms with E-state index in [4.69, 9.17) is 0 Å². The number of hydrogen-bond acceptors (Lipinski definition) is 5. The van der Waals surface area contributed by atoms with Crippen molar-refractivity contribution in [3.05, 3.63) is 60.2 Å². The molecule has 1 aliphatic carbocycles. The predicted octanol–water partition coefficient (Wildman–Crippen LogP) is 2.92. The van der Waals surface area contributed by atoms with E-state index in [2.05, 4.69) is 15.8 Å². The van der Waals surface area contributed by atoms with Crippen LogP contribution in [-0.2, 0) is 26.0 Å². The molecule has 2 amide bonds. The number of rotatable bonds is 9. The molecule has 2 aromatic rings. The van der Waals surface area contributed by atoms with Crippen molar-refractivity contribution in [3.63, 3.8) is 0 Å². The molecule has 0 heterocycles. The van der Waals surface area contributed by atoms with Crippen LogP contribution < -0.4 is 10.7 Å². The van der Waals surface area contributed by atoms with E-state index >= 15 is 0 Å². The van der Waals surface area contributed by atoms with Crippen LogP contribution in [0.1, 0.15) is 38.2 Å². The van der Waals surface area contributed by atoms with E-state index in [1.807, 2.05) is 30.3 Å². The second kappa shape index (κ2) is 11.0. The van der Waals surface area contributed by atoms with Gasteiger partial charge >= 0.3 is 0 Å². The Morgan fingerprint density at radius 1 is 1.00 bits per heavy atom. The van der Waals surface area contributed by atoms with Crippen molar-refractivity contribution in [1.29, 1.82) is 0 Å². The number of anilines is 1. The third-order valence-electron chi connectivity index (χ3n) is 5.14. The summed E-state index contributed by atoms with van der Waals surface area (Å²) in [5.74, 6) is -0.721. The maximum Gasteiger partial charge on any atom is 0.255 e. The maximum absolute atomic E-state index is 13.3. The van der Waals surface area contributed by atoms with Gasteiger partial charge in [0.2, 0.25) is 15.9 Å². The fraction of sp³-hybridized carbons (Fsp3) is 0.348. The number of benzene rings is 2. The summed E-state index contributed by atoms with van der Waals surface area (Å²) in [6.45, 7) is 1.19. The Labute approximate surface area is 188 Å². The van der Waals surface area contributed by atoms with Gasteiger partial charge < -0.3 is 5.32 Å². The first kappa shape index (κ1) is 23.6. The molecule has 1 saturated carbocycles.